The highest BCUT2D eigenvalue weighted by Gasteiger charge is 2.25. The monoisotopic (exact) mass is 426 g/mol. The van der Waals surface area contributed by atoms with Gasteiger partial charge in [0.15, 0.2) is 0 Å². The number of nitrogens with zero attached hydrogens (tertiary/aromatic N) is 3. The second kappa shape index (κ2) is 12.1. The Bertz CT molecular complexity index is 897. The summed E-state index contributed by atoms with van der Waals surface area (Å²) in [7, 11) is 0. The van der Waals surface area contributed by atoms with E-state index >= 15 is 0 Å². The van der Waals surface area contributed by atoms with E-state index in [0.29, 0.717) is 36.7 Å². The molecule has 0 aliphatic carbocycles. The zero-order valence-corrected chi connectivity index (χ0v) is 18.6. The van der Waals surface area contributed by atoms with E-state index in [-0.39, 0.29) is 30.3 Å². The Morgan fingerprint density at radius 3 is 2.68 bits per heavy atom. The number of carbonyl (C=O) groups excluding carboxylic acids is 2. The smallest absolute Gasteiger partial charge is 0.274 e. The number of piperidine rings is 1. The Balaban J connectivity index is 0.00000166. The molecule has 31 heavy (non-hydrogen) atoms. The number of imidazole rings is 1. The molecule has 0 spiro atoms. The molecule has 2 amide bonds. The molecule has 1 aliphatic heterocycles. The maximum absolute atomic E-state index is 12.8. The van der Waals surface area contributed by atoms with Crippen molar-refractivity contribution in [2.75, 3.05) is 25.0 Å². The molecular weight excluding hydrogens is 392 g/mol. The van der Waals surface area contributed by atoms with Gasteiger partial charge in [-0.25, -0.2) is 4.98 Å². The summed E-state index contributed by atoms with van der Waals surface area (Å²) in [6.07, 6.45) is 8.66. The van der Waals surface area contributed by atoms with Crippen LogP contribution in [0.25, 0.3) is 5.65 Å². The first kappa shape index (κ1) is 24.3. The van der Waals surface area contributed by atoms with E-state index in [0.717, 1.165) is 19.3 Å². The predicted octanol–water partition coefficient (Wildman–Crippen LogP) is 3.91. The Hall–Kier alpha value is -2.93. The van der Waals surface area contributed by atoms with E-state index in [1.165, 1.54) is 0 Å². The van der Waals surface area contributed by atoms with Crippen molar-refractivity contribution in [2.45, 2.75) is 39.5 Å². The highest BCUT2D eigenvalue weighted by atomic mass is 16.3. The number of fused-ring (bicyclic) bond motifs is 1. The Morgan fingerprint density at radius 1 is 1.32 bits per heavy atom. The van der Waals surface area contributed by atoms with Crippen molar-refractivity contribution in [1.29, 1.82) is 0 Å². The van der Waals surface area contributed by atoms with Crippen LogP contribution in [0.5, 0.6) is 0 Å². The molecule has 7 nitrogen and oxygen atoms in total. The Morgan fingerprint density at radius 2 is 2.03 bits per heavy atom. The maximum atomic E-state index is 12.8. The average molecular weight is 427 g/mol. The van der Waals surface area contributed by atoms with Gasteiger partial charge in [0.05, 0.1) is 0 Å². The molecule has 1 saturated heterocycles. The lowest BCUT2D eigenvalue weighted by Crippen LogP contribution is -2.39. The summed E-state index contributed by atoms with van der Waals surface area (Å²) in [5.74, 6) is 0.977. The van der Waals surface area contributed by atoms with E-state index in [9.17, 15) is 14.7 Å². The van der Waals surface area contributed by atoms with E-state index in [1.807, 2.05) is 38.1 Å². The first-order valence-corrected chi connectivity index (χ1v) is 10.8. The molecule has 1 aliphatic rings. The van der Waals surface area contributed by atoms with Gasteiger partial charge >= 0.3 is 0 Å². The number of allylic oxidation sites excluding steroid dienone is 2. The summed E-state index contributed by atoms with van der Waals surface area (Å²) in [6.45, 7) is 11.5. The number of carbonyl (C=O) groups is 2. The molecule has 2 aromatic heterocycles. The lowest BCUT2D eigenvalue weighted by molar-refractivity contribution is -0.117. The van der Waals surface area contributed by atoms with Crippen LogP contribution < -0.4 is 5.32 Å². The fraction of sp³-hybridized carbons (Fsp3) is 0.458. The third kappa shape index (κ3) is 6.52. The number of amides is 2. The van der Waals surface area contributed by atoms with Crippen LogP contribution in [0.3, 0.4) is 0 Å². The minimum absolute atomic E-state index is 0.0536. The van der Waals surface area contributed by atoms with Crippen LogP contribution in [0.1, 0.15) is 50.0 Å². The second-order valence-electron chi connectivity index (χ2n) is 7.85. The molecule has 3 heterocycles. The number of aliphatic hydroxyl groups excluding tert-OH is 1. The molecule has 0 radical (unpaired) electrons. The highest BCUT2D eigenvalue weighted by molar-refractivity contribution is 5.94. The SMILES string of the molecule is C/C=C\CC(C)CC(=O)Nc1cccc2nc(C(=O)N3CCC(CO)CC3)cn12.C=C. The summed E-state index contributed by atoms with van der Waals surface area (Å²) in [5, 5.41) is 12.2. The normalized spacial score (nSPS) is 15.5. The average Bonchev–Trinajstić information content (AvgIpc) is 3.24. The molecular formula is C24H34N4O3. The summed E-state index contributed by atoms with van der Waals surface area (Å²) in [6, 6.07) is 5.45. The number of hydrogen-bond acceptors (Lipinski definition) is 4. The van der Waals surface area contributed by atoms with Crippen molar-refractivity contribution >= 4 is 23.3 Å². The van der Waals surface area contributed by atoms with Gasteiger partial charge < -0.3 is 15.3 Å². The second-order valence-corrected chi connectivity index (χ2v) is 7.85. The molecule has 0 aromatic carbocycles. The molecule has 1 atom stereocenters. The zero-order chi connectivity index (χ0) is 22.8. The first-order valence-electron chi connectivity index (χ1n) is 10.8. The summed E-state index contributed by atoms with van der Waals surface area (Å²) in [5.41, 5.74) is 0.994. The van der Waals surface area contributed by atoms with Crippen molar-refractivity contribution in [3.05, 3.63) is 55.4 Å². The predicted molar refractivity (Wildman–Crippen MR) is 124 cm³/mol. The molecule has 1 unspecified atom stereocenters. The van der Waals surface area contributed by atoms with Crippen molar-refractivity contribution in [1.82, 2.24) is 14.3 Å². The minimum Gasteiger partial charge on any atom is -0.396 e. The number of anilines is 1. The topological polar surface area (TPSA) is 86.9 Å². The number of rotatable bonds is 7. The molecule has 2 aromatic rings. The largest absolute Gasteiger partial charge is 0.396 e. The summed E-state index contributed by atoms with van der Waals surface area (Å²) >= 11 is 0. The standard InChI is InChI=1S/C22H30N4O3.C2H4/c1-3-4-6-16(2)13-21(28)24-20-8-5-7-19-23-18(14-26(19)20)22(29)25-11-9-17(15-27)10-12-25;1-2/h3-5,7-8,14,16-17,27H,6,9-13,15H2,1-2H3,(H,24,28);1-2H2/b4-3-;. The molecule has 168 valence electrons. The fourth-order valence-electron chi connectivity index (χ4n) is 3.66. The number of hydrogen-bond donors (Lipinski definition) is 2. The van der Waals surface area contributed by atoms with Gasteiger partial charge in [0.1, 0.15) is 17.2 Å². The lowest BCUT2D eigenvalue weighted by atomic mass is 9.98. The molecule has 1 fully saturated rings. The van der Waals surface area contributed by atoms with Crippen molar-refractivity contribution in [3.63, 3.8) is 0 Å². The van der Waals surface area contributed by atoms with Crippen LogP contribution in [0.2, 0.25) is 0 Å². The van der Waals surface area contributed by atoms with Gasteiger partial charge in [-0.1, -0.05) is 25.1 Å². The van der Waals surface area contributed by atoms with E-state index in [4.69, 9.17) is 0 Å². The summed E-state index contributed by atoms with van der Waals surface area (Å²) in [4.78, 5) is 31.5. The van der Waals surface area contributed by atoms with Gasteiger partial charge in [-0.3, -0.25) is 14.0 Å². The minimum atomic E-state index is -0.109. The third-order valence-corrected chi connectivity index (χ3v) is 5.45. The van der Waals surface area contributed by atoms with Gasteiger partial charge in [0.2, 0.25) is 5.91 Å². The third-order valence-electron chi connectivity index (χ3n) is 5.45. The van der Waals surface area contributed by atoms with Crippen LogP contribution in [0, 0.1) is 11.8 Å². The Kier molecular flexibility index (Phi) is 9.46. The lowest BCUT2D eigenvalue weighted by Gasteiger charge is -2.30. The maximum Gasteiger partial charge on any atom is 0.274 e. The zero-order valence-electron chi connectivity index (χ0n) is 18.6. The van der Waals surface area contributed by atoms with E-state index in [1.54, 1.807) is 15.5 Å². The number of pyridine rings is 1. The van der Waals surface area contributed by atoms with Gasteiger partial charge in [-0.2, -0.15) is 0 Å². The fourth-order valence-corrected chi connectivity index (χ4v) is 3.66. The van der Waals surface area contributed by atoms with Gasteiger partial charge in [0.25, 0.3) is 5.91 Å². The van der Waals surface area contributed by atoms with Crippen molar-refractivity contribution in [3.8, 4) is 0 Å². The van der Waals surface area contributed by atoms with Crippen molar-refractivity contribution < 1.29 is 14.7 Å². The van der Waals surface area contributed by atoms with Crippen LogP contribution in [0.15, 0.2) is 49.7 Å². The molecule has 3 rings (SSSR count). The number of aromatic nitrogens is 2. The van der Waals surface area contributed by atoms with Crippen LogP contribution in [-0.2, 0) is 4.79 Å². The first-order chi connectivity index (χ1) is 15.0. The molecule has 0 bridgehead atoms. The van der Waals surface area contributed by atoms with Crippen molar-refractivity contribution in [2.24, 2.45) is 11.8 Å². The number of nitrogens with one attached hydrogen (secondary N) is 1. The van der Waals surface area contributed by atoms with Gasteiger partial charge in [-0.15, -0.1) is 13.2 Å². The van der Waals surface area contributed by atoms with E-state index in [2.05, 4.69) is 29.5 Å². The number of likely N-dealkylation sites (tertiary alicyclic amines) is 1. The molecule has 0 saturated carbocycles. The number of aliphatic hydroxyl groups is 1. The quantitative estimate of drug-likeness (QED) is 0.657. The van der Waals surface area contributed by atoms with E-state index < -0.39 is 0 Å². The summed E-state index contributed by atoms with van der Waals surface area (Å²) < 4.78 is 1.75. The molecule has 7 heteroatoms. The van der Waals surface area contributed by atoms with Crippen LogP contribution in [-0.4, -0.2) is 50.9 Å². The van der Waals surface area contributed by atoms with Gasteiger partial charge in [0, 0.05) is 32.3 Å². The van der Waals surface area contributed by atoms with Crippen LogP contribution >= 0.6 is 0 Å². The van der Waals surface area contributed by atoms with Crippen LogP contribution in [0.4, 0.5) is 5.82 Å². The molecule has 2 N–H and O–H groups in total. The Labute approximate surface area is 184 Å². The highest BCUT2D eigenvalue weighted by Crippen LogP contribution is 2.20. The van der Waals surface area contributed by atoms with Gasteiger partial charge in [-0.05, 0) is 50.2 Å².